The number of aromatic nitrogens is 2. The predicted molar refractivity (Wildman–Crippen MR) is 116 cm³/mol. The lowest BCUT2D eigenvalue weighted by Crippen LogP contribution is -2.23. The van der Waals surface area contributed by atoms with Gasteiger partial charge in [-0.3, -0.25) is 9.59 Å². The van der Waals surface area contributed by atoms with Crippen molar-refractivity contribution in [3.8, 4) is 22.8 Å². The molecule has 9 heteroatoms. The van der Waals surface area contributed by atoms with E-state index in [4.69, 9.17) is 15.2 Å². The number of carbonyl (C=O) groups excluding carboxylic acids is 2. The van der Waals surface area contributed by atoms with Gasteiger partial charge in [-0.05, 0) is 30.3 Å². The largest absolute Gasteiger partial charge is 0.497 e. The first-order chi connectivity index (χ1) is 15.0. The Hall–Kier alpha value is -4.14. The first-order valence-electron chi connectivity index (χ1n) is 9.41. The standard InChI is InChI=1S/C22H23N5O4/c1-24-22(29)19-20(23)25-12-17(27-19)13-5-4-6-14(9-13)21(28)26-11-15-10-16(30-2)7-8-18(15)31-3/h4-10,12H,11H2,1-3H3,(H2,23,25)(H,24,29)(H,26,28). The summed E-state index contributed by atoms with van der Waals surface area (Å²) >= 11 is 0. The van der Waals surface area contributed by atoms with Gasteiger partial charge in [-0.15, -0.1) is 0 Å². The second-order valence-corrected chi connectivity index (χ2v) is 6.51. The summed E-state index contributed by atoms with van der Waals surface area (Å²) in [6, 6.07) is 12.2. The molecule has 0 atom stereocenters. The van der Waals surface area contributed by atoms with Crippen molar-refractivity contribution in [2.24, 2.45) is 0 Å². The molecular weight excluding hydrogens is 398 g/mol. The minimum atomic E-state index is -0.437. The molecule has 0 aliphatic carbocycles. The van der Waals surface area contributed by atoms with Crippen molar-refractivity contribution in [2.45, 2.75) is 6.54 Å². The molecule has 0 fully saturated rings. The van der Waals surface area contributed by atoms with Crippen LogP contribution < -0.4 is 25.8 Å². The Morgan fingerprint density at radius 2 is 1.87 bits per heavy atom. The number of ether oxygens (including phenoxy) is 2. The quantitative estimate of drug-likeness (QED) is 0.532. The van der Waals surface area contributed by atoms with E-state index < -0.39 is 5.91 Å². The number of nitrogens with zero attached hydrogens (tertiary/aromatic N) is 2. The number of amides is 2. The van der Waals surface area contributed by atoms with Crippen LogP contribution in [-0.4, -0.2) is 43.0 Å². The first-order valence-corrected chi connectivity index (χ1v) is 9.41. The number of anilines is 1. The molecule has 0 aliphatic heterocycles. The maximum Gasteiger partial charge on any atom is 0.273 e. The number of rotatable bonds is 7. The lowest BCUT2D eigenvalue weighted by molar-refractivity contribution is 0.0945. The zero-order chi connectivity index (χ0) is 22.4. The lowest BCUT2D eigenvalue weighted by atomic mass is 10.1. The van der Waals surface area contributed by atoms with Gasteiger partial charge >= 0.3 is 0 Å². The van der Waals surface area contributed by atoms with Crippen molar-refractivity contribution in [3.05, 3.63) is 65.5 Å². The minimum absolute atomic E-state index is 0.0278. The number of hydrogen-bond donors (Lipinski definition) is 3. The van der Waals surface area contributed by atoms with Crippen molar-refractivity contribution in [2.75, 3.05) is 27.0 Å². The van der Waals surface area contributed by atoms with Gasteiger partial charge in [0.25, 0.3) is 11.8 Å². The van der Waals surface area contributed by atoms with Crippen LogP contribution in [0, 0.1) is 0 Å². The van der Waals surface area contributed by atoms with Gasteiger partial charge in [0.05, 0.1) is 26.1 Å². The Morgan fingerprint density at radius 1 is 1.06 bits per heavy atom. The Balaban J connectivity index is 1.81. The predicted octanol–water partition coefficient (Wildman–Crippen LogP) is 2.03. The van der Waals surface area contributed by atoms with E-state index in [2.05, 4.69) is 20.6 Å². The molecule has 3 aromatic rings. The molecule has 0 spiro atoms. The van der Waals surface area contributed by atoms with Gasteiger partial charge in [-0.25, -0.2) is 9.97 Å². The molecule has 31 heavy (non-hydrogen) atoms. The Bertz CT molecular complexity index is 1120. The van der Waals surface area contributed by atoms with E-state index in [1.54, 1.807) is 56.7 Å². The van der Waals surface area contributed by atoms with E-state index in [0.717, 1.165) is 5.56 Å². The number of nitrogens with one attached hydrogen (secondary N) is 2. The number of hydrogen-bond acceptors (Lipinski definition) is 7. The molecular formula is C22H23N5O4. The SMILES string of the molecule is CNC(=O)c1nc(-c2cccc(C(=O)NCc3cc(OC)ccc3OC)c2)cnc1N. The molecule has 1 aromatic heterocycles. The summed E-state index contributed by atoms with van der Waals surface area (Å²) in [5.41, 5.74) is 8.04. The number of benzene rings is 2. The van der Waals surface area contributed by atoms with Crippen LogP contribution in [0.3, 0.4) is 0 Å². The van der Waals surface area contributed by atoms with E-state index in [0.29, 0.717) is 28.3 Å². The lowest BCUT2D eigenvalue weighted by Gasteiger charge is -2.12. The Kier molecular flexibility index (Phi) is 6.66. The van der Waals surface area contributed by atoms with Gasteiger partial charge < -0.3 is 25.8 Å². The highest BCUT2D eigenvalue weighted by molar-refractivity contribution is 5.97. The summed E-state index contributed by atoms with van der Waals surface area (Å²) in [6.45, 7) is 0.256. The van der Waals surface area contributed by atoms with Crippen LogP contribution in [0.15, 0.2) is 48.7 Å². The first kappa shape index (κ1) is 21.6. The highest BCUT2D eigenvalue weighted by Gasteiger charge is 2.15. The third kappa shape index (κ3) is 4.89. The second kappa shape index (κ2) is 9.57. The van der Waals surface area contributed by atoms with Gasteiger partial charge in [0.15, 0.2) is 11.5 Å². The number of nitrogens with two attached hydrogens (primary N) is 1. The molecule has 2 amide bonds. The Morgan fingerprint density at radius 3 is 2.58 bits per heavy atom. The average Bonchev–Trinajstić information content (AvgIpc) is 2.82. The zero-order valence-electron chi connectivity index (χ0n) is 17.4. The van der Waals surface area contributed by atoms with E-state index >= 15 is 0 Å². The van der Waals surface area contributed by atoms with Crippen LogP contribution in [0.2, 0.25) is 0 Å². The smallest absolute Gasteiger partial charge is 0.273 e. The average molecular weight is 421 g/mol. The number of carbonyl (C=O) groups is 2. The summed E-state index contributed by atoms with van der Waals surface area (Å²) in [5, 5.41) is 5.35. The maximum atomic E-state index is 12.7. The van der Waals surface area contributed by atoms with Gasteiger partial charge in [-0.2, -0.15) is 0 Å². The molecule has 4 N–H and O–H groups in total. The van der Waals surface area contributed by atoms with E-state index in [-0.39, 0.29) is 24.0 Å². The molecule has 3 rings (SSSR count). The highest BCUT2D eigenvalue weighted by atomic mass is 16.5. The van der Waals surface area contributed by atoms with Crippen LogP contribution >= 0.6 is 0 Å². The zero-order valence-corrected chi connectivity index (χ0v) is 17.4. The third-order valence-electron chi connectivity index (χ3n) is 4.59. The van der Waals surface area contributed by atoms with Gasteiger partial charge in [-0.1, -0.05) is 12.1 Å². The van der Waals surface area contributed by atoms with Crippen molar-refractivity contribution in [1.29, 1.82) is 0 Å². The van der Waals surface area contributed by atoms with Crippen molar-refractivity contribution in [1.82, 2.24) is 20.6 Å². The molecule has 0 aliphatic rings. The fraction of sp³-hybridized carbons (Fsp3) is 0.182. The summed E-state index contributed by atoms with van der Waals surface area (Å²) in [4.78, 5) is 33.0. The van der Waals surface area contributed by atoms with Crippen LogP contribution in [-0.2, 0) is 6.54 Å². The van der Waals surface area contributed by atoms with Crippen molar-refractivity contribution >= 4 is 17.6 Å². The van der Waals surface area contributed by atoms with Crippen molar-refractivity contribution in [3.63, 3.8) is 0 Å². The Labute approximate surface area is 179 Å². The van der Waals surface area contributed by atoms with E-state index in [9.17, 15) is 9.59 Å². The van der Waals surface area contributed by atoms with Gasteiger partial charge in [0.2, 0.25) is 0 Å². The van der Waals surface area contributed by atoms with Crippen molar-refractivity contribution < 1.29 is 19.1 Å². The molecule has 0 bridgehead atoms. The van der Waals surface area contributed by atoms with Gasteiger partial charge in [0, 0.05) is 30.3 Å². The fourth-order valence-corrected chi connectivity index (χ4v) is 2.94. The molecule has 2 aromatic carbocycles. The topological polar surface area (TPSA) is 128 Å². The minimum Gasteiger partial charge on any atom is -0.497 e. The second-order valence-electron chi connectivity index (χ2n) is 6.51. The van der Waals surface area contributed by atoms with Crippen LogP contribution in [0.25, 0.3) is 11.3 Å². The third-order valence-corrected chi connectivity index (χ3v) is 4.59. The van der Waals surface area contributed by atoms with Gasteiger partial charge in [0.1, 0.15) is 11.5 Å². The molecule has 1 heterocycles. The molecule has 0 unspecified atom stereocenters. The van der Waals surface area contributed by atoms with Crippen LogP contribution in [0.4, 0.5) is 5.82 Å². The van der Waals surface area contributed by atoms with Crippen LogP contribution in [0.5, 0.6) is 11.5 Å². The highest BCUT2D eigenvalue weighted by Crippen LogP contribution is 2.24. The molecule has 0 saturated carbocycles. The molecule has 0 saturated heterocycles. The maximum absolute atomic E-state index is 12.7. The monoisotopic (exact) mass is 421 g/mol. The normalized spacial score (nSPS) is 10.3. The number of nitrogen functional groups attached to an aromatic ring is 1. The van der Waals surface area contributed by atoms with E-state index in [1.807, 2.05) is 0 Å². The van der Waals surface area contributed by atoms with Crippen LogP contribution in [0.1, 0.15) is 26.4 Å². The fourth-order valence-electron chi connectivity index (χ4n) is 2.94. The summed E-state index contributed by atoms with van der Waals surface area (Å²) in [5.74, 6) is 0.633. The summed E-state index contributed by atoms with van der Waals surface area (Å²) < 4.78 is 10.6. The number of methoxy groups -OCH3 is 2. The summed E-state index contributed by atoms with van der Waals surface area (Å²) in [7, 11) is 4.63. The summed E-state index contributed by atoms with van der Waals surface area (Å²) in [6.07, 6.45) is 1.46. The molecule has 0 radical (unpaired) electrons. The molecule has 9 nitrogen and oxygen atoms in total. The molecule has 160 valence electrons. The van der Waals surface area contributed by atoms with E-state index in [1.165, 1.54) is 13.2 Å².